The van der Waals surface area contributed by atoms with Crippen LogP contribution in [-0.4, -0.2) is 50.1 Å². The maximum absolute atomic E-state index is 5.73. The summed E-state index contributed by atoms with van der Waals surface area (Å²) in [5, 5.41) is 0. The first-order chi connectivity index (χ1) is 7.38. The number of hydrogen-bond donors (Lipinski definition) is 1. The number of nitrogens with zero attached hydrogens (tertiary/aromatic N) is 1. The molecule has 4 nitrogen and oxygen atoms in total. The number of ether oxygens (including phenoxy) is 2. The van der Waals surface area contributed by atoms with Crippen LogP contribution in [0.25, 0.3) is 0 Å². The Morgan fingerprint density at radius 3 is 2.73 bits per heavy atom. The van der Waals surface area contributed by atoms with Crippen molar-refractivity contribution < 1.29 is 9.47 Å². The molecule has 88 valence electrons. The summed E-state index contributed by atoms with van der Waals surface area (Å²) in [6.07, 6.45) is 4.87. The van der Waals surface area contributed by atoms with Crippen LogP contribution in [0.1, 0.15) is 25.7 Å². The van der Waals surface area contributed by atoms with Gasteiger partial charge in [0, 0.05) is 13.0 Å². The van der Waals surface area contributed by atoms with Crippen LogP contribution in [0, 0.1) is 0 Å². The Morgan fingerprint density at radius 2 is 2.00 bits per heavy atom. The molecule has 2 heterocycles. The molecule has 0 aliphatic carbocycles. The third-order valence-corrected chi connectivity index (χ3v) is 3.18. The predicted molar refractivity (Wildman–Crippen MR) is 58.6 cm³/mol. The van der Waals surface area contributed by atoms with Crippen LogP contribution >= 0.6 is 0 Å². The van der Waals surface area contributed by atoms with Crippen LogP contribution < -0.4 is 5.73 Å². The molecule has 0 aromatic carbocycles. The monoisotopic (exact) mass is 214 g/mol. The van der Waals surface area contributed by atoms with Gasteiger partial charge in [0.15, 0.2) is 6.29 Å². The molecule has 2 N–H and O–H groups in total. The van der Waals surface area contributed by atoms with Crippen LogP contribution in [0.5, 0.6) is 0 Å². The van der Waals surface area contributed by atoms with E-state index >= 15 is 0 Å². The van der Waals surface area contributed by atoms with E-state index in [1.165, 1.54) is 25.9 Å². The van der Waals surface area contributed by atoms with Crippen molar-refractivity contribution in [1.29, 1.82) is 0 Å². The molecule has 0 radical (unpaired) electrons. The van der Waals surface area contributed by atoms with Gasteiger partial charge in [-0.05, 0) is 38.9 Å². The van der Waals surface area contributed by atoms with Gasteiger partial charge < -0.3 is 20.1 Å². The molecule has 2 saturated heterocycles. The van der Waals surface area contributed by atoms with E-state index in [4.69, 9.17) is 15.2 Å². The van der Waals surface area contributed by atoms with E-state index in [2.05, 4.69) is 4.90 Å². The minimum atomic E-state index is 0.0159. The van der Waals surface area contributed by atoms with E-state index in [9.17, 15) is 0 Å². The topological polar surface area (TPSA) is 47.7 Å². The lowest BCUT2D eigenvalue weighted by Gasteiger charge is -2.17. The first kappa shape index (κ1) is 11.3. The Labute approximate surface area is 91.7 Å². The van der Waals surface area contributed by atoms with Crippen molar-refractivity contribution in [2.24, 2.45) is 5.73 Å². The fourth-order valence-electron chi connectivity index (χ4n) is 2.29. The summed E-state index contributed by atoms with van der Waals surface area (Å²) in [5.74, 6) is 0. The molecule has 0 amide bonds. The maximum Gasteiger partial charge on any atom is 0.159 e. The highest BCUT2D eigenvalue weighted by molar-refractivity contribution is 4.70. The average Bonchev–Trinajstić information content (AvgIpc) is 2.85. The van der Waals surface area contributed by atoms with Gasteiger partial charge in [0.05, 0.1) is 12.7 Å². The lowest BCUT2D eigenvalue weighted by Crippen LogP contribution is -2.25. The van der Waals surface area contributed by atoms with Crippen molar-refractivity contribution >= 4 is 0 Å². The zero-order valence-corrected chi connectivity index (χ0v) is 9.36. The molecular weight excluding hydrogens is 192 g/mol. The summed E-state index contributed by atoms with van der Waals surface area (Å²) in [7, 11) is 0. The quantitative estimate of drug-likeness (QED) is 0.726. The SMILES string of the molecule is NCCC1COC(CCN2CCCC2)O1. The summed E-state index contributed by atoms with van der Waals surface area (Å²) in [6, 6.07) is 0. The Kier molecular flexibility index (Phi) is 4.38. The second-order valence-corrected chi connectivity index (χ2v) is 4.44. The maximum atomic E-state index is 5.73. The fourth-order valence-corrected chi connectivity index (χ4v) is 2.29. The molecule has 0 aromatic heterocycles. The Hall–Kier alpha value is -0.160. The Balaban J connectivity index is 1.59. The minimum Gasteiger partial charge on any atom is -0.350 e. The summed E-state index contributed by atoms with van der Waals surface area (Å²) in [4.78, 5) is 2.49. The van der Waals surface area contributed by atoms with Gasteiger partial charge >= 0.3 is 0 Å². The highest BCUT2D eigenvalue weighted by Crippen LogP contribution is 2.18. The molecule has 0 saturated carbocycles. The second-order valence-electron chi connectivity index (χ2n) is 4.44. The average molecular weight is 214 g/mol. The number of rotatable bonds is 5. The zero-order valence-electron chi connectivity index (χ0n) is 9.36. The molecule has 15 heavy (non-hydrogen) atoms. The van der Waals surface area contributed by atoms with Crippen molar-refractivity contribution in [3.8, 4) is 0 Å². The van der Waals surface area contributed by atoms with E-state index in [0.29, 0.717) is 6.54 Å². The smallest absolute Gasteiger partial charge is 0.159 e. The van der Waals surface area contributed by atoms with Gasteiger partial charge in [-0.1, -0.05) is 0 Å². The highest BCUT2D eigenvalue weighted by atomic mass is 16.7. The molecule has 0 spiro atoms. The van der Waals surface area contributed by atoms with Crippen LogP contribution in [0.4, 0.5) is 0 Å². The minimum absolute atomic E-state index is 0.0159. The van der Waals surface area contributed by atoms with Crippen LogP contribution in [0.2, 0.25) is 0 Å². The number of nitrogens with two attached hydrogens (primary N) is 1. The summed E-state index contributed by atoms with van der Waals surface area (Å²) < 4.78 is 11.3. The standard InChI is InChI=1S/C11H22N2O2/c12-5-3-10-9-14-11(15-10)4-8-13-6-1-2-7-13/h10-11H,1-9,12H2. The van der Waals surface area contributed by atoms with Crippen molar-refractivity contribution in [3.05, 3.63) is 0 Å². The van der Waals surface area contributed by atoms with E-state index in [-0.39, 0.29) is 12.4 Å². The lowest BCUT2D eigenvalue weighted by molar-refractivity contribution is -0.0659. The first-order valence-corrected chi connectivity index (χ1v) is 6.08. The van der Waals surface area contributed by atoms with Gasteiger partial charge in [0.25, 0.3) is 0 Å². The molecule has 2 rings (SSSR count). The summed E-state index contributed by atoms with van der Waals surface area (Å²) >= 11 is 0. The van der Waals surface area contributed by atoms with E-state index in [0.717, 1.165) is 26.0 Å². The van der Waals surface area contributed by atoms with Gasteiger partial charge in [-0.15, -0.1) is 0 Å². The number of likely N-dealkylation sites (tertiary alicyclic amines) is 1. The third-order valence-electron chi connectivity index (χ3n) is 3.18. The molecule has 4 heteroatoms. The van der Waals surface area contributed by atoms with Crippen LogP contribution in [-0.2, 0) is 9.47 Å². The van der Waals surface area contributed by atoms with Gasteiger partial charge in [0.1, 0.15) is 0 Å². The zero-order chi connectivity index (χ0) is 10.5. The third kappa shape index (κ3) is 3.41. The number of hydrogen-bond acceptors (Lipinski definition) is 4. The second kappa shape index (κ2) is 5.80. The van der Waals surface area contributed by atoms with E-state index in [1.54, 1.807) is 0 Å². The molecule has 2 aliphatic heterocycles. The summed E-state index contributed by atoms with van der Waals surface area (Å²) in [6.45, 7) is 5.02. The van der Waals surface area contributed by atoms with E-state index < -0.39 is 0 Å². The molecule has 0 bridgehead atoms. The largest absolute Gasteiger partial charge is 0.350 e. The van der Waals surface area contributed by atoms with Gasteiger partial charge in [-0.3, -0.25) is 0 Å². The predicted octanol–water partition coefficient (Wildman–Crippen LogP) is 0.563. The highest BCUT2D eigenvalue weighted by Gasteiger charge is 2.25. The van der Waals surface area contributed by atoms with Crippen molar-refractivity contribution in [2.45, 2.75) is 38.1 Å². The molecular formula is C11H22N2O2. The van der Waals surface area contributed by atoms with Gasteiger partial charge in [0.2, 0.25) is 0 Å². The van der Waals surface area contributed by atoms with Crippen molar-refractivity contribution in [2.75, 3.05) is 32.8 Å². The van der Waals surface area contributed by atoms with E-state index in [1.807, 2.05) is 0 Å². The molecule has 2 fully saturated rings. The van der Waals surface area contributed by atoms with Crippen molar-refractivity contribution in [3.63, 3.8) is 0 Å². The van der Waals surface area contributed by atoms with Crippen LogP contribution in [0.3, 0.4) is 0 Å². The fraction of sp³-hybridized carbons (Fsp3) is 1.00. The lowest BCUT2D eigenvalue weighted by atomic mass is 10.3. The molecule has 2 unspecified atom stereocenters. The molecule has 2 aliphatic rings. The first-order valence-electron chi connectivity index (χ1n) is 6.08. The molecule has 0 aromatic rings. The van der Waals surface area contributed by atoms with Crippen molar-refractivity contribution in [1.82, 2.24) is 4.90 Å². The normalized spacial score (nSPS) is 32.6. The van der Waals surface area contributed by atoms with Gasteiger partial charge in [-0.25, -0.2) is 0 Å². The summed E-state index contributed by atoms with van der Waals surface area (Å²) in [5.41, 5.74) is 5.48. The van der Waals surface area contributed by atoms with Crippen LogP contribution in [0.15, 0.2) is 0 Å². The Morgan fingerprint density at radius 1 is 1.20 bits per heavy atom. The molecule has 2 atom stereocenters. The Bertz CT molecular complexity index is 183. The van der Waals surface area contributed by atoms with Gasteiger partial charge in [-0.2, -0.15) is 0 Å².